The quantitative estimate of drug-likeness (QED) is 0.0306. The molecule has 0 aromatic rings. The first-order valence-corrected chi connectivity index (χ1v) is 35.4. The van der Waals surface area contributed by atoms with Gasteiger partial charge in [-0.05, 0) is 51.9 Å². The molecule has 23 atom stereocenters. The summed E-state index contributed by atoms with van der Waals surface area (Å²) < 4.78 is 48.1. The summed E-state index contributed by atoms with van der Waals surface area (Å²) in [5.41, 5.74) is 0. The van der Waals surface area contributed by atoms with Crippen molar-refractivity contribution < 1.29 is 129 Å². The number of carboxylic acid groups (broad SMARTS) is 1. The van der Waals surface area contributed by atoms with E-state index in [1.807, 2.05) is 6.08 Å². The summed E-state index contributed by atoms with van der Waals surface area (Å²) in [4.78, 5) is 52.0. The normalized spacial score (nSPS) is 32.5. The van der Waals surface area contributed by atoms with Crippen LogP contribution in [0.15, 0.2) is 24.3 Å². The number of allylic oxidation sites excluding steroid dienone is 3. The van der Waals surface area contributed by atoms with E-state index in [-0.39, 0.29) is 12.3 Å². The molecular formula is C68H120N2O26. The van der Waals surface area contributed by atoms with Crippen molar-refractivity contribution in [3.05, 3.63) is 24.3 Å². The summed E-state index contributed by atoms with van der Waals surface area (Å²) in [5.74, 6) is -8.56. The van der Waals surface area contributed by atoms with Crippen LogP contribution in [0.3, 0.4) is 0 Å². The van der Waals surface area contributed by atoms with Crippen molar-refractivity contribution >= 4 is 23.6 Å². The van der Waals surface area contributed by atoms with Gasteiger partial charge in [0.15, 0.2) is 18.9 Å². The number of carbonyl (C=O) groups excluding carboxylic acids is 3. The number of rotatable bonds is 49. The molecule has 2 amide bonds. The zero-order valence-electron chi connectivity index (χ0n) is 57.0. The number of amides is 2. The van der Waals surface area contributed by atoms with E-state index in [0.717, 1.165) is 90.9 Å². The molecule has 4 saturated heterocycles. The third kappa shape index (κ3) is 27.6. The number of Topliss-reactive ketones (excluding diaryl/α,β-unsaturated/α-hetero) is 1. The molecular weight excluding hydrogens is 1260 g/mol. The Balaban J connectivity index is 1.55. The van der Waals surface area contributed by atoms with Crippen LogP contribution in [0.25, 0.3) is 0 Å². The van der Waals surface area contributed by atoms with Crippen LogP contribution < -0.4 is 10.6 Å². The summed E-state index contributed by atoms with van der Waals surface area (Å²) in [7, 11) is 0. The van der Waals surface area contributed by atoms with Gasteiger partial charge in [-0.3, -0.25) is 9.59 Å². The molecule has 4 heterocycles. The van der Waals surface area contributed by atoms with Crippen molar-refractivity contribution in [2.75, 3.05) is 33.0 Å². The van der Waals surface area contributed by atoms with E-state index in [0.29, 0.717) is 12.8 Å². The number of carbonyl (C=O) groups is 4. The van der Waals surface area contributed by atoms with Crippen molar-refractivity contribution in [1.29, 1.82) is 0 Å². The first kappa shape index (κ1) is 85.1. The van der Waals surface area contributed by atoms with Crippen molar-refractivity contribution in [2.45, 2.75) is 342 Å². The molecule has 96 heavy (non-hydrogen) atoms. The van der Waals surface area contributed by atoms with Gasteiger partial charge < -0.3 is 125 Å². The number of unbranched alkanes of at least 4 members (excludes halogenated alkanes) is 22. The molecule has 4 aliphatic heterocycles. The van der Waals surface area contributed by atoms with Crippen molar-refractivity contribution in [3.63, 3.8) is 0 Å². The zero-order valence-corrected chi connectivity index (χ0v) is 57.0. The third-order valence-corrected chi connectivity index (χ3v) is 18.4. The maximum absolute atomic E-state index is 13.6. The van der Waals surface area contributed by atoms with E-state index in [4.69, 9.17) is 37.9 Å². The Labute approximate surface area is 566 Å². The number of ether oxygens (including phenoxy) is 8. The summed E-state index contributed by atoms with van der Waals surface area (Å²) >= 11 is 0. The van der Waals surface area contributed by atoms with Crippen LogP contribution in [0.2, 0.25) is 0 Å². The van der Waals surface area contributed by atoms with Crippen molar-refractivity contribution in [2.24, 2.45) is 5.92 Å². The number of nitrogens with one attached hydrogen (secondary N) is 2. The van der Waals surface area contributed by atoms with Gasteiger partial charge in [0.1, 0.15) is 85.1 Å². The maximum atomic E-state index is 13.6. The van der Waals surface area contributed by atoms with Crippen LogP contribution in [0.5, 0.6) is 0 Å². The largest absolute Gasteiger partial charge is 0.477 e. The summed E-state index contributed by atoms with van der Waals surface area (Å²) in [6.07, 6.45) is -3.48. The fraction of sp³-hybridized carbons (Fsp3) is 0.882. The second-order valence-electron chi connectivity index (χ2n) is 26.4. The Morgan fingerprint density at radius 1 is 0.573 bits per heavy atom. The zero-order chi connectivity index (χ0) is 70.7. The topological polar surface area (TPSA) is 449 Å². The van der Waals surface area contributed by atoms with Crippen molar-refractivity contribution in [3.8, 4) is 0 Å². The van der Waals surface area contributed by atoms with E-state index in [9.17, 15) is 90.7 Å². The number of aliphatic carboxylic acids is 1. The minimum Gasteiger partial charge on any atom is -0.477 e. The van der Waals surface area contributed by atoms with Gasteiger partial charge in [0, 0.05) is 32.1 Å². The SMILES string of the molecule is CCCCCC/C=C\CCCCCCCCCC(=O)N[C@@H](CO[C@@H]1O[C@H](CO)[C@@H](O[C@@H]2O[C@H](CO)[C@H](O[C@@H]3O[C@H](CO)[C@H](O)[C@H](O)[C@H]3CC(C)=O)[C@H](O[C@]3(C(=O)O)C[C@H](O)[C@@H](NC(C)=O)C([C@H](O)[C@H](O)CO)O3)[C@H]2O)[C@H](O)[C@H]1O)[C@H](O)/C=C/CCCCCCCCCCCCC. The Morgan fingerprint density at radius 2 is 1.07 bits per heavy atom. The highest BCUT2D eigenvalue weighted by Gasteiger charge is 2.61. The third-order valence-electron chi connectivity index (χ3n) is 18.4. The van der Waals surface area contributed by atoms with Crippen LogP contribution >= 0.6 is 0 Å². The Bertz CT molecular complexity index is 2220. The molecule has 4 fully saturated rings. The van der Waals surface area contributed by atoms with E-state index >= 15 is 0 Å². The summed E-state index contributed by atoms with van der Waals surface area (Å²) in [6, 6.07) is -2.79. The van der Waals surface area contributed by atoms with Crippen LogP contribution in [0, 0.1) is 5.92 Å². The molecule has 16 N–H and O–H groups in total. The highest BCUT2D eigenvalue weighted by atomic mass is 16.8. The van der Waals surface area contributed by atoms with Crippen LogP contribution in [-0.4, -0.2) is 262 Å². The van der Waals surface area contributed by atoms with Gasteiger partial charge in [-0.2, -0.15) is 0 Å². The van der Waals surface area contributed by atoms with Gasteiger partial charge in [-0.25, -0.2) is 4.79 Å². The highest BCUT2D eigenvalue weighted by molar-refractivity contribution is 5.77. The maximum Gasteiger partial charge on any atom is 0.364 e. The lowest BCUT2D eigenvalue weighted by Crippen LogP contribution is -2.71. The van der Waals surface area contributed by atoms with Crippen LogP contribution in [-0.2, 0) is 57.1 Å². The number of ketones is 1. The van der Waals surface area contributed by atoms with Crippen molar-refractivity contribution in [1.82, 2.24) is 10.6 Å². The molecule has 28 heteroatoms. The second kappa shape index (κ2) is 46.3. The van der Waals surface area contributed by atoms with E-state index in [1.54, 1.807) is 6.08 Å². The highest BCUT2D eigenvalue weighted by Crippen LogP contribution is 2.41. The van der Waals surface area contributed by atoms with Crippen LogP contribution in [0.1, 0.15) is 207 Å². The van der Waals surface area contributed by atoms with E-state index in [1.165, 1.54) is 70.6 Å². The predicted octanol–water partition coefficient (Wildman–Crippen LogP) is 2.00. The molecule has 4 aliphatic rings. The first-order valence-electron chi connectivity index (χ1n) is 35.4. The molecule has 0 bridgehead atoms. The molecule has 1 unspecified atom stereocenters. The first-order chi connectivity index (χ1) is 46.0. The van der Waals surface area contributed by atoms with Crippen LogP contribution in [0.4, 0.5) is 0 Å². The van der Waals surface area contributed by atoms with E-state index in [2.05, 4.69) is 36.6 Å². The summed E-state index contributed by atoms with van der Waals surface area (Å²) in [5, 5.41) is 161. The lowest BCUT2D eigenvalue weighted by Gasteiger charge is -2.52. The number of aliphatic hydroxyl groups is 13. The fourth-order valence-corrected chi connectivity index (χ4v) is 12.8. The summed E-state index contributed by atoms with van der Waals surface area (Å²) in [6.45, 7) is 1.88. The lowest BCUT2D eigenvalue weighted by molar-refractivity contribution is -0.403. The number of aliphatic hydroxyl groups excluding tert-OH is 13. The molecule has 0 spiro atoms. The molecule has 0 aromatic carbocycles. The van der Waals surface area contributed by atoms with Gasteiger partial charge in [-0.1, -0.05) is 154 Å². The molecule has 28 nitrogen and oxygen atoms in total. The van der Waals surface area contributed by atoms with Gasteiger partial charge in [0.2, 0.25) is 11.8 Å². The number of carboxylic acids is 1. The standard InChI is InChI=1S/C68H120N2O26/c1-5-7-9-11-13-15-17-19-20-22-24-26-28-30-32-34-52(80)70-45(46(77)33-31-29-27-25-23-21-18-16-14-12-10-8-6-2)41-89-65-58(85)57(84)60(50(39-73)91-65)93-66-59(86)63(61(51(40-74)92-66)94-64-44(35-42(3)75)54(81)56(83)49(38-72)90-64)96-68(67(87)88)36-47(78)53(69-43(4)76)62(95-68)55(82)48(79)37-71/h15,17,31,33,44-51,53-66,71-74,77-79,81-86H,5-14,16,18-30,32,34-41H2,1-4H3,(H,69,76)(H,70,80)(H,87,88)/b17-15-,33-31+/t44-,45+,46-,47+,48-,49-,50-,51-,53-,54-,55-,56+,57-,58-,59-,60-,61+,62?,63-,64+,65-,66+,68+/m1/s1. The predicted molar refractivity (Wildman–Crippen MR) is 347 cm³/mol. The smallest absolute Gasteiger partial charge is 0.364 e. The molecule has 0 aromatic heterocycles. The van der Waals surface area contributed by atoms with Gasteiger partial charge in [0.05, 0.1) is 63.4 Å². The molecule has 558 valence electrons. The lowest BCUT2D eigenvalue weighted by atomic mass is 9.87. The Kier molecular flexibility index (Phi) is 41.0. The number of hydrogen-bond acceptors (Lipinski definition) is 25. The average molecular weight is 1380 g/mol. The minimum atomic E-state index is -3.26. The molecule has 0 saturated carbocycles. The van der Waals surface area contributed by atoms with Gasteiger partial charge in [0.25, 0.3) is 5.79 Å². The average Bonchev–Trinajstić information content (AvgIpc) is 0.752. The molecule has 0 radical (unpaired) electrons. The monoisotopic (exact) mass is 1380 g/mol. The van der Waals surface area contributed by atoms with Gasteiger partial charge >= 0.3 is 5.97 Å². The van der Waals surface area contributed by atoms with E-state index < -0.39 is 204 Å². The second-order valence-corrected chi connectivity index (χ2v) is 26.4. The minimum absolute atomic E-state index is 0.155. The molecule has 0 aliphatic carbocycles. The molecule has 4 rings (SSSR count). The Morgan fingerprint density at radius 3 is 1.60 bits per heavy atom. The van der Waals surface area contributed by atoms with Gasteiger partial charge in [-0.15, -0.1) is 0 Å². The fourth-order valence-electron chi connectivity index (χ4n) is 12.8. The number of hydrogen-bond donors (Lipinski definition) is 16. The Hall–Kier alpha value is -3.28.